The molecule has 1 amide bonds. The van der Waals surface area contributed by atoms with Crippen molar-refractivity contribution in [1.82, 2.24) is 10.3 Å². The fraction of sp³-hybridized carbons (Fsp3) is 0.333. The second-order valence-electron chi connectivity index (χ2n) is 5.71. The van der Waals surface area contributed by atoms with Crippen LogP contribution in [0, 0.1) is 24.0 Å². The number of nitrogens with zero attached hydrogens (tertiary/aromatic N) is 2. The van der Waals surface area contributed by atoms with Crippen molar-refractivity contribution in [2.24, 2.45) is 0 Å². The van der Waals surface area contributed by atoms with Gasteiger partial charge in [-0.2, -0.15) is 0 Å². The standard InChI is InChI=1S/C18H21N3O6/c1-10-8-19-13(11(2)17(10)27-5)9-20-18(22)12-6-15(25-3)16(26-4)7-14(12)21(23)24/h6-8H,9H2,1-5H3,(H,20,22). The minimum absolute atomic E-state index is 0.0901. The van der Waals surface area contributed by atoms with Crippen molar-refractivity contribution in [2.45, 2.75) is 20.4 Å². The molecular weight excluding hydrogens is 354 g/mol. The van der Waals surface area contributed by atoms with E-state index in [9.17, 15) is 14.9 Å². The smallest absolute Gasteiger partial charge is 0.286 e. The highest BCUT2D eigenvalue weighted by Gasteiger charge is 2.24. The van der Waals surface area contributed by atoms with Crippen molar-refractivity contribution in [1.29, 1.82) is 0 Å². The Morgan fingerprint density at radius 3 is 2.33 bits per heavy atom. The molecule has 0 aliphatic carbocycles. The van der Waals surface area contributed by atoms with Crippen LogP contribution in [-0.4, -0.2) is 37.1 Å². The third-order valence-electron chi connectivity index (χ3n) is 4.11. The van der Waals surface area contributed by atoms with E-state index in [0.29, 0.717) is 11.4 Å². The number of hydrogen-bond donors (Lipinski definition) is 1. The van der Waals surface area contributed by atoms with E-state index >= 15 is 0 Å². The largest absolute Gasteiger partial charge is 0.496 e. The summed E-state index contributed by atoms with van der Waals surface area (Å²) in [5.41, 5.74) is 1.76. The lowest BCUT2D eigenvalue weighted by Gasteiger charge is -2.13. The van der Waals surface area contributed by atoms with Crippen LogP contribution >= 0.6 is 0 Å². The van der Waals surface area contributed by atoms with Gasteiger partial charge in [-0.25, -0.2) is 0 Å². The van der Waals surface area contributed by atoms with E-state index in [2.05, 4.69) is 10.3 Å². The summed E-state index contributed by atoms with van der Waals surface area (Å²) in [5, 5.41) is 14.0. The molecule has 1 N–H and O–H groups in total. The fourth-order valence-corrected chi connectivity index (χ4v) is 2.71. The van der Waals surface area contributed by atoms with Crippen LogP contribution in [0.25, 0.3) is 0 Å². The van der Waals surface area contributed by atoms with Crippen LogP contribution in [0.15, 0.2) is 18.3 Å². The molecule has 1 aromatic heterocycles. The Morgan fingerprint density at radius 1 is 1.15 bits per heavy atom. The molecule has 9 heteroatoms. The van der Waals surface area contributed by atoms with Crippen LogP contribution in [0.4, 0.5) is 5.69 Å². The molecule has 0 aliphatic rings. The SMILES string of the molecule is COc1cc(C(=O)NCc2ncc(C)c(OC)c2C)c([N+](=O)[O-])cc1OC. The number of carbonyl (C=O) groups excluding carboxylic acids is 1. The van der Waals surface area contributed by atoms with E-state index in [-0.39, 0.29) is 29.3 Å². The van der Waals surface area contributed by atoms with Crippen molar-refractivity contribution < 1.29 is 23.9 Å². The van der Waals surface area contributed by atoms with Gasteiger partial charge in [0.2, 0.25) is 0 Å². The van der Waals surface area contributed by atoms with E-state index in [0.717, 1.165) is 17.2 Å². The zero-order chi connectivity index (χ0) is 20.1. The molecule has 1 heterocycles. The zero-order valence-corrected chi connectivity index (χ0v) is 15.8. The van der Waals surface area contributed by atoms with Gasteiger partial charge < -0.3 is 19.5 Å². The summed E-state index contributed by atoms with van der Waals surface area (Å²) < 4.78 is 15.5. The van der Waals surface area contributed by atoms with Crippen molar-refractivity contribution >= 4 is 11.6 Å². The van der Waals surface area contributed by atoms with Crippen molar-refractivity contribution in [3.8, 4) is 17.2 Å². The van der Waals surface area contributed by atoms with Gasteiger partial charge >= 0.3 is 0 Å². The molecule has 0 saturated carbocycles. The van der Waals surface area contributed by atoms with Gasteiger partial charge in [0.1, 0.15) is 11.3 Å². The van der Waals surface area contributed by atoms with Gasteiger partial charge in [0.05, 0.1) is 44.6 Å². The molecule has 0 saturated heterocycles. The number of hydrogen-bond acceptors (Lipinski definition) is 7. The Balaban J connectivity index is 2.32. The van der Waals surface area contributed by atoms with E-state index in [4.69, 9.17) is 14.2 Å². The van der Waals surface area contributed by atoms with Gasteiger partial charge in [0.25, 0.3) is 11.6 Å². The summed E-state index contributed by atoms with van der Waals surface area (Å²) in [6.45, 7) is 3.79. The summed E-state index contributed by atoms with van der Waals surface area (Å²) in [4.78, 5) is 27.6. The normalized spacial score (nSPS) is 10.3. The van der Waals surface area contributed by atoms with Crippen LogP contribution in [0.1, 0.15) is 27.2 Å². The number of methoxy groups -OCH3 is 3. The Morgan fingerprint density at radius 2 is 1.78 bits per heavy atom. The molecule has 0 unspecified atom stereocenters. The van der Waals surface area contributed by atoms with Crippen molar-refractivity contribution in [3.05, 3.63) is 50.8 Å². The highest BCUT2D eigenvalue weighted by Crippen LogP contribution is 2.34. The first-order valence-electron chi connectivity index (χ1n) is 8.01. The number of amides is 1. The second kappa shape index (κ2) is 8.35. The lowest BCUT2D eigenvalue weighted by molar-refractivity contribution is -0.385. The number of nitro groups is 1. The quantitative estimate of drug-likeness (QED) is 0.584. The summed E-state index contributed by atoms with van der Waals surface area (Å²) in [6.07, 6.45) is 1.65. The second-order valence-corrected chi connectivity index (χ2v) is 5.71. The molecule has 27 heavy (non-hydrogen) atoms. The van der Waals surface area contributed by atoms with Crippen LogP contribution in [0.3, 0.4) is 0 Å². The number of benzene rings is 1. The lowest BCUT2D eigenvalue weighted by Crippen LogP contribution is -2.25. The van der Waals surface area contributed by atoms with Gasteiger partial charge in [-0.1, -0.05) is 0 Å². The van der Waals surface area contributed by atoms with Crippen LogP contribution in [0.2, 0.25) is 0 Å². The maximum atomic E-state index is 12.6. The molecule has 1 aromatic carbocycles. The van der Waals surface area contributed by atoms with Gasteiger partial charge in [0.15, 0.2) is 11.5 Å². The number of aromatic nitrogens is 1. The Kier molecular flexibility index (Phi) is 6.17. The molecule has 0 bridgehead atoms. The maximum Gasteiger partial charge on any atom is 0.286 e. The molecule has 0 fully saturated rings. The highest BCUT2D eigenvalue weighted by atomic mass is 16.6. The van der Waals surface area contributed by atoms with Crippen LogP contribution in [0.5, 0.6) is 17.2 Å². The highest BCUT2D eigenvalue weighted by molar-refractivity contribution is 5.99. The molecule has 9 nitrogen and oxygen atoms in total. The number of nitro benzene ring substituents is 1. The summed E-state index contributed by atoms with van der Waals surface area (Å²) in [7, 11) is 4.31. The number of ether oxygens (including phenoxy) is 3. The van der Waals surface area contributed by atoms with Gasteiger partial charge in [-0.05, 0) is 13.8 Å². The molecule has 2 rings (SSSR count). The number of nitrogens with one attached hydrogen (secondary N) is 1. The molecule has 144 valence electrons. The first-order chi connectivity index (χ1) is 12.8. The van der Waals surface area contributed by atoms with Crippen LogP contribution in [-0.2, 0) is 6.54 Å². The number of carbonyl (C=O) groups is 1. The van der Waals surface area contributed by atoms with Crippen molar-refractivity contribution in [3.63, 3.8) is 0 Å². The predicted octanol–water partition coefficient (Wildman–Crippen LogP) is 2.56. The van der Waals surface area contributed by atoms with Gasteiger partial charge in [0, 0.05) is 23.4 Å². The molecule has 0 atom stereocenters. The third kappa shape index (κ3) is 4.08. The number of pyridine rings is 1. The monoisotopic (exact) mass is 375 g/mol. The third-order valence-corrected chi connectivity index (χ3v) is 4.11. The predicted molar refractivity (Wildman–Crippen MR) is 97.6 cm³/mol. The van der Waals surface area contributed by atoms with Gasteiger partial charge in [-0.3, -0.25) is 19.9 Å². The summed E-state index contributed by atoms with van der Waals surface area (Å²) in [6, 6.07) is 2.44. The molecular formula is C18H21N3O6. The Hall–Kier alpha value is -3.36. The fourth-order valence-electron chi connectivity index (χ4n) is 2.71. The topological polar surface area (TPSA) is 113 Å². The average Bonchev–Trinajstić information content (AvgIpc) is 2.66. The van der Waals surface area contributed by atoms with E-state index in [1.165, 1.54) is 20.3 Å². The first kappa shape index (κ1) is 20.0. The molecule has 0 spiro atoms. The first-order valence-corrected chi connectivity index (χ1v) is 8.01. The zero-order valence-electron chi connectivity index (χ0n) is 15.8. The molecule has 2 aromatic rings. The lowest BCUT2D eigenvalue weighted by atomic mass is 10.1. The molecule has 0 radical (unpaired) electrons. The number of rotatable bonds is 7. The molecule has 0 aliphatic heterocycles. The average molecular weight is 375 g/mol. The van der Waals surface area contributed by atoms with E-state index in [1.54, 1.807) is 13.3 Å². The maximum absolute atomic E-state index is 12.6. The van der Waals surface area contributed by atoms with Gasteiger partial charge in [-0.15, -0.1) is 0 Å². The number of aryl methyl sites for hydroxylation is 1. The van der Waals surface area contributed by atoms with E-state index in [1.807, 2.05) is 13.8 Å². The minimum Gasteiger partial charge on any atom is -0.496 e. The van der Waals surface area contributed by atoms with E-state index < -0.39 is 10.8 Å². The Labute approximate surface area is 156 Å². The Bertz CT molecular complexity index is 882. The summed E-state index contributed by atoms with van der Waals surface area (Å²) in [5.74, 6) is 0.454. The minimum atomic E-state index is -0.644. The van der Waals surface area contributed by atoms with Crippen molar-refractivity contribution in [2.75, 3.05) is 21.3 Å². The summed E-state index contributed by atoms with van der Waals surface area (Å²) >= 11 is 0. The van der Waals surface area contributed by atoms with Crippen LogP contribution < -0.4 is 19.5 Å².